The van der Waals surface area contributed by atoms with E-state index in [-0.39, 0.29) is 11.3 Å². The molecule has 2 aromatic rings. The summed E-state index contributed by atoms with van der Waals surface area (Å²) in [5.41, 5.74) is 1.81. The molecule has 1 aromatic heterocycles. The molecule has 0 radical (unpaired) electrons. The van der Waals surface area contributed by atoms with Crippen LogP contribution in [0.3, 0.4) is 0 Å². The van der Waals surface area contributed by atoms with Gasteiger partial charge in [0.15, 0.2) is 5.16 Å². The molecule has 0 amide bonds. The van der Waals surface area contributed by atoms with Gasteiger partial charge in [-0.1, -0.05) is 0 Å². The fourth-order valence-corrected chi connectivity index (χ4v) is 2.57. The lowest BCUT2D eigenvalue weighted by Crippen LogP contribution is -1.94. The van der Waals surface area contributed by atoms with Gasteiger partial charge < -0.3 is 0 Å². The van der Waals surface area contributed by atoms with Crippen LogP contribution in [-0.4, -0.2) is 14.9 Å². The first kappa shape index (κ1) is 14.0. The van der Waals surface area contributed by atoms with Gasteiger partial charge in [0.1, 0.15) is 6.07 Å². The van der Waals surface area contributed by atoms with Crippen molar-refractivity contribution in [1.82, 2.24) is 9.97 Å². The first-order valence-corrected chi connectivity index (χ1v) is 6.50. The zero-order valence-corrected chi connectivity index (χ0v) is 11.6. The van der Waals surface area contributed by atoms with E-state index in [9.17, 15) is 10.1 Å². The minimum atomic E-state index is -0.525. The average molecular weight is 286 g/mol. The van der Waals surface area contributed by atoms with Crippen molar-refractivity contribution < 1.29 is 4.92 Å². The molecule has 0 aliphatic rings. The molecule has 0 atom stereocenters. The van der Waals surface area contributed by atoms with E-state index in [1.807, 2.05) is 26.0 Å². The van der Waals surface area contributed by atoms with Gasteiger partial charge in [-0.25, -0.2) is 9.97 Å². The van der Waals surface area contributed by atoms with Crippen LogP contribution in [0.2, 0.25) is 0 Å². The lowest BCUT2D eigenvalue weighted by Gasteiger charge is -2.04. The summed E-state index contributed by atoms with van der Waals surface area (Å²) in [6.07, 6.45) is 0. The molecule has 0 bridgehead atoms. The molecule has 0 aliphatic heterocycles. The third-order valence-corrected chi connectivity index (χ3v) is 3.40. The molecule has 7 heteroatoms. The number of nitro groups is 1. The van der Waals surface area contributed by atoms with Crippen LogP contribution in [0, 0.1) is 35.3 Å². The van der Waals surface area contributed by atoms with Crippen molar-refractivity contribution >= 4 is 17.4 Å². The van der Waals surface area contributed by atoms with Gasteiger partial charge in [0, 0.05) is 28.4 Å². The third-order valence-electron chi connectivity index (χ3n) is 2.46. The second kappa shape index (κ2) is 5.67. The summed E-state index contributed by atoms with van der Waals surface area (Å²) < 4.78 is 0. The van der Waals surface area contributed by atoms with Crippen LogP contribution >= 0.6 is 11.8 Å². The predicted molar refractivity (Wildman–Crippen MR) is 73.4 cm³/mol. The molecule has 0 saturated carbocycles. The van der Waals surface area contributed by atoms with Crippen LogP contribution in [0.25, 0.3) is 0 Å². The summed E-state index contributed by atoms with van der Waals surface area (Å²) in [5, 5.41) is 20.3. The van der Waals surface area contributed by atoms with E-state index in [0.29, 0.717) is 10.1 Å². The highest BCUT2D eigenvalue weighted by atomic mass is 32.2. The lowest BCUT2D eigenvalue weighted by atomic mass is 10.2. The predicted octanol–water partition coefficient (Wildman–Crippen LogP) is 3.02. The number of nitriles is 1. The fraction of sp³-hybridized carbons (Fsp3) is 0.154. The Morgan fingerprint density at radius 2 is 1.90 bits per heavy atom. The van der Waals surface area contributed by atoms with Crippen LogP contribution in [0.5, 0.6) is 0 Å². The molecule has 1 aromatic carbocycles. The van der Waals surface area contributed by atoms with Gasteiger partial charge in [0.25, 0.3) is 5.69 Å². The van der Waals surface area contributed by atoms with E-state index >= 15 is 0 Å². The molecule has 0 aliphatic carbocycles. The molecule has 20 heavy (non-hydrogen) atoms. The first-order valence-electron chi connectivity index (χ1n) is 5.68. The highest BCUT2D eigenvalue weighted by molar-refractivity contribution is 7.99. The Bertz CT molecular complexity index is 705. The average Bonchev–Trinajstić information content (AvgIpc) is 2.37. The summed E-state index contributed by atoms with van der Waals surface area (Å²) >= 11 is 1.22. The highest BCUT2D eigenvalue weighted by Gasteiger charge is 2.13. The number of nitro benzene ring substituents is 1. The molecule has 0 unspecified atom stereocenters. The first-order chi connectivity index (χ1) is 9.49. The maximum atomic E-state index is 10.7. The number of non-ortho nitro benzene ring substituents is 1. The minimum Gasteiger partial charge on any atom is -0.258 e. The number of rotatable bonds is 3. The van der Waals surface area contributed by atoms with Gasteiger partial charge in [0.2, 0.25) is 0 Å². The SMILES string of the molecule is Cc1cc(C)nc(Sc2ccc([N+](=O)[O-])cc2C#N)n1. The Kier molecular flexibility index (Phi) is 3.96. The smallest absolute Gasteiger partial charge is 0.258 e. The molecule has 100 valence electrons. The van der Waals surface area contributed by atoms with Gasteiger partial charge in [0.05, 0.1) is 10.5 Å². The van der Waals surface area contributed by atoms with Gasteiger partial charge in [-0.2, -0.15) is 5.26 Å². The second-order valence-corrected chi connectivity index (χ2v) is 5.09. The van der Waals surface area contributed by atoms with E-state index in [1.54, 1.807) is 6.07 Å². The molecule has 6 nitrogen and oxygen atoms in total. The van der Waals surface area contributed by atoms with E-state index < -0.39 is 4.92 Å². The van der Waals surface area contributed by atoms with Gasteiger partial charge in [-0.15, -0.1) is 0 Å². The normalized spacial score (nSPS) is 10.1. The maximum Gasteiger partial charge on any atom is 0.270 e. The van der Waals surface area contributed by atoms with Gasteiger partial charge in [-0.3, -0.25) is 10.1 Å². The molecule has 1 heterocycles. The lowest BCUT2D eigenvalue weighted by molar-refractivity contribution is -0.384. The summed E-state index contributed by atoms with van der Waals surface area (Å²) in [5.74, 6) is 0. The number of benzene rings is 1. The minimum absolute atomic E-state index is 0.104. The second-order valence-electron chi connectivity index (χ2n) is 4.08. The zero-order chi connectivity index (χ0) is 14.7. The monoisotopic (exact) mass is 286 g/mol. The Morgan fingerprint density at radius 3 is 2.45 bits per heavy atom. The Morgan fingerprint density at radius 1 is 1.25 bits per heavy atom. The Balaban J connectivity index is 2.38. The Hall–Kier alpha value is -2.46. The van der Waals surface area contributed by atoms with E-state index in [4.69, 9.17) is 5.26 Å². The highest BCUT2D eigenvalue weighted by Crippen LogP contribution is 2.30. The van der Waals surface area contributed by atoms with Crippen LogP contribution in [-0.2, 0) is 0 Å². The molecule has 0 N–H and O–H groups in total. The largest absolute Gasteiger partial charge is 0.270 e. The van der Waals surface area contributed by atoms with Crippen molar-refractivity contribution in [3.05, 3.63) is 51.3 Å². The molecule has 2 rings (SSSR count). The number of aromatic nitrogens is 2. The van der Waals surface area contributed by atoms with Crippen molar-refractivity contribution in [2.45, 2.75) is 23.9 Å². The van der Waals surface area contributed by atoms with Gasteiger partial charge >= 0.3 is 0 Å². The van der Waals surface area contributed by atoms with Crippen LogP contribution in [0.15, 0.2) is 34.3 Å². The Labute approximate surface area is 119 Å². The fourth-order valence-electron chi connectivity index (χ4n) is 1.65. The quantitative estimate of drug-likeness (QED) is 0.489. The number of hydrogen-bond donors (Lipinski definition) is 0. The van der Waals surface area contributed by atoms with Crippen LogP contribution < -0.4 is 0 Å². The van der Waals surface area contributed by atoms with Crippen molar-refractivity contribution in [3.63, 3.8) is 0 Å². The standard InChI is InChI=1S/C13H10N4O2S/c1-8-5-9(2)16-13(15-8)20-12-4-3-11(17(18)19)6-10(12)7-14/h3-6H,1-2H3. The van der Waals surface area contributed by atoms with E-state index in [0.717, 1.165) is 11.4 Å². The summed E-state index contributed by atoms with van der Waals surface area (Å²) in [6, 6.07) is 7.98. The zero-order valence-electron chi connectivity index (χ0n) is 10.8. The van der Waals surface area contributed by atoms with E-state index in [1.165, 1.54) is 23.9 Å². The summed E-state index contributed by atoms with van der Waals surface area (Å²) in [7, 11) is 0. The summed E-state index contributed by atoms with van der Waals surface area (Å²) in [4.78, 5) is 19.3. The van der Waals surface area contributed by atoms with Crippen LogP contribution in [0.4, 0.5) is 5.69 Å². The van der Waals surface area contributed by atoms with Gasteiger partial charge in [-0.05, 0) is 37.7 Å². The molecule has 0 spiro atoms. The number of nitrogens with zero attached hydrogens (tertiary/aromatic N) is 4. The topological polar surface area (TPSA) is 92.7 Å². The number of aryl methyl sites for hydroxylation is 2. The van der Waals surface area contributed by atoms with Crippen molar-refractivity contribution in [2.24, 2.45) is 0 Å². The summed E-state index contributed by atoms with van der Waals surface area (Å²) in [6.45, 7) is 3.72. The molecule has 0 saturated heterocycles. The third kappa shape index (κ3) is 3.10. The van der Waals surface area contributed by atoms with Crippen molar-refractivity contribution in [1.29, 1.82) is 5.26 Å². The maximum absolute atomic E-state index is 10.7. The molecule has 0 fully saturated rings. The molecular weight excluding hydrogens is 276 g/mol. The number of hydrogen-bond acceptors (Lipinski definition) is 6. The molecular formula is C13H10N4O2S. The van der Waals surface area contributed by atoms with Crippen LogP contribution in [0.1, 0.15) is 17.0 Å². The van der Waals surface area contributed by atoms with Crippen molar-refractivity contribution in [3.8, 4) is 6.07 Å². The van der Waals surface area contributed by atoms with Crippen molar-refractivity contribution in [2.75, 3.05) is 0 Å². The van der Waals surface area contributed by atoms with E-state index in [2.05, 4.69) is 9.97 Å².